The molecule has 0 saturated carbocycles. The highest BCUT2D eigenvalue weighted by molar-refractivity contribution is 5.78. The summed E-state index contributed by atoms with van der Waals surface area (Å²) in [5, 5.41) is 6.79. The van der Waals surface area contributed by atoms with Crippen molar-refractivity contribution in [2.45, 2.75) is 295 Å². The topological polar surface area (TPSA) is 159 Å². The van der Waals surface area contributed by atoms with Gasteiger partial charge in [0.2, 0.25) is 0 Å². The van der Waals surface area contributed by atoms with E-state index < -0.39 is 0 Å². The molecule has 6 fully saturated rings. The van der Waals surface area contributed by atoms with Crippen molar-refractivity contribution in [1.29, 1.82) is 0 Å². The summed E-state index contributed by atoms with van der Waals surface area (Å²) in [6.07, 6.45) is 12.1. The van der Waals surface area contributed by atoms with E-state index in [1.165, 1.54) is 51.9 Å². The number of piperazine rings is 3. The van der Waals surface area contributed by atoms with E-state index in [4.69, 9.17) is 0 Å². The van der Waals surface area contributed by atoms with Crippen molar-refractivity contribution in [2.24, 2.45) is 0 Å². The summed E-state index contributed by atoms with van der Waals surface area (Å²) >= 11 is 0. The normalized spacial score (nSPS) is 20.2. The SMILES string of the molecule is CC(=O)CCCN(C)C1CCN(C(C)(C)C)CC1.CC(=O)CCCN1CCN(C(C)(C)C)CC1.CC(=O)CCN1CCN(C(C)(C)C)CC1.CC(=O)CCNC1CCN(C(C)(C)C)CC1.CC(=O)CN1CCN(C(C)(C)C)CC1.CC(=O)CNC1CCN(C(C)(C)C)CC1. The van der Waals surface area contributed by atoms with Crippen molar-refractivity contribution in [3.63, 3.8) is 0 Å². The Bertz CT molecular complexity index is 2010. The summed E-state index contributed by atoms with van der Waals surface area (Å²) in [7, 11) is 2.21. The van der Waals surface area contributed by atoms with Crippen LogP contribution in [0.1, 0.15) is 243 Å². The first-order valence-electron chi connectivity index (χ1n) is 37.1. The van der Waals surface area contributed by atoms with Gasteiger partial charge < -0.3 is 34.9 Å². The second kappa shape index (κ2) is 43.9. The number of hydrogen-bond acceptors (Lipinski definition) is 18. The summed E-state index contributed by atoms with van der Waals surface area (Å²) in [6.45, 7) is 76.2. The molecule has 0 aliphatic carbocycles. The molecular formula is C76H152N12O6. The molecule has 18 nitrogen and oxygen atoms in total. The van der Waals surface area contributed by atoms with E-state index in [0.29, 0.717) is 78.0 Å². The zero-order valence-electron chi connectivity index (χ0n) is 66.1. The maximum atomic E-state index is 10.9. The van der Waals surface area contributed by atoms with E-state index in [2.05, 4.69) is 191 Å². The van der Waals surface area contributed by atoms with Crippen LogP contribution in [0.25, 0.3) is 0 Å². The third kappa shape index (κ3) is 41.8. The molecule has 94 heavy (non-hydrogen) atoms. The molecule has 0 amide bonds. The van der Waals surface area contributed by atoms with Crippen LogP contribution in [-0.2, 0) is 28.8 Å². The van der Waals surface area contributed by atoms with E-state index in [-0.39, 0.29) is 34.0 Å². The van der Waals surface area contributed by atoms with Crippen molar-refractivity contribution in [1.82, 2.24) is 59.6 Å². The van der Waals surface area contributed by atoms with Crippen LogP contribution < -0.4 is 10.6 Å². The molecule has 6 heterocycles. The number of carbonyl (C=O) groups excluding carboxylic acids is 6. The predicted molar refractivity (Wildman–Crippen MR) is 397 cm³/mol. The second-order valence-electron chi connectivity index (χ2n) is 34.4. The third-order valence-electron chi connectivity index (χ3n) is 19.7. The number of likely N-dealkylation sites (tertiary alicyclic amines) is 3. The number of carbonyl (C=O) groups is 6. The van der Waals surface area contributed by atoms with Crippen LogP contribution in [0.2, 0.25) is 0 Å². The fourth-order valence-electron chi connectivity index (χ4n) is 13.0. The lowest BCUT2D eigenvalue weighted by Gasteiger charge is -2.43. The smallest absolute Gasteiger partial charge is 0.143 e. The highest BCUT2D eigenvalue weighted by Gasteiger charge is 2.32. The Morgan fingerprint density at radius 2 is 0.628 bits per heavy atom. The number of ketones is 6. The Kier molecular flexibility index (Phi) is 41.9. The largest absolute Gasteiger partial charge is 0.313 e. The first kappa shape index (κ1) is 89.6. The summed E-state index contributed by atoms with van der Waals surface area (Å²) in [5.41, 5.74) is 1.73. The number of nitrogens with one attached hydrogen (secondary N) is 2. The molecule has 0 bridgehead atoms. The highest BCUT2D eigenvalue weighted by atomic mass is 16.1. The fourth-order valence-corrected chi connectivity index (χ4v) is 13.0. The van der Waals surface area contributed by atoms with Crippen molar-refractivity contribution in [3.05, 3.63) is 0 Å². The van der Waals surface area contributed by atoms with Gasteiger partial charge in [0.15, 0.2) is 0 Å². The van der Waals surface area contributed by atoms with Crippen molar-refractivity contribution < 1.29 is 28.8 Å². The Morgan fingerprint density at radius 3 is 0.947 bits per heavy atom. The lowest BCUT2D eigenvalue weighted by molar-refractivity contribution is -0.119. The minimum atomic E-state index is 0.230. The molecule has 18 heteroatoms. The van der Waals surface area contributed by atoms with Gasteiger partial charge in [-0.1, -0.05) is 0 Å². The number of piperidine rings is 3. The van der Waals surface area contributed by atoms with Crippen molar-refractivity contribution in [3.8, 4) is 0 Å². The average Bonchev–Trinajstić information content (AvgIpc) is 0.960. The zero-order valence-corrected chi connectivity index (χ0v) is 66.1. The maximum absolute atomic E-state index is 10.9. The molecule has 6 aliphatic rings. The highest BCUT2D eigenvalue weighted by Crippen LogP contribution is 2.25. The van der Waals surface area contributed by atoms with Gasteiger partial charge in [0.25, 0.3) is 0 Å². The molecule has 0 atom stereocenters. The van der Waals surface area contributed by atoms with Gasteiger partial charge in [-0.15, -0.1) is 0 Å². The average molecular weight is 1330 g/mol. The maximum Gasteiger partial charge on any atom is 0.143 e. The minimum Gasteiger partial charge on any atom is -0.313 e. The molecular weight excluding hydrogens is 1180 g/mol. The van der Waals surface area contributed by atoms with Gasteiger partial charge in [-0.05, 0) is 238 Å². The van der Waals surface area contributed by atoms with Crippen LogP contribution in [0.4, 0.5) is 0 Å². The van der Waals surface area contributed by atoms with Gasteiger partial charge in [-0.2, -0.15) is 0 Å². The molecule has 6 saturated heterocycles. The third-order valence-corrected chi connectivity index (χ3v) is 19.7. The van der Waals surface area contributed by atoms with E-state index in [9.17, 15) is 28.8 Å². The van der Waals surface area contributed by atoms with Crippen LogP contribution in [0, 0.1) is 0 Å². The molecule has 2 N–H and O–H groups in total. The minimum absolute atomic E-state index is 0.230. The standard InChI is InChI=1S/C15H30N2O.2C13H26N2O.2C12H24N2O.C11H22N2O/c1-13(18)7-6-10-16(5)14-8-11-17(12-9-14)15(2,3)4;1-11(16)5-8-14-12-6-9-15(10-7-12)13(2,3)4;1-12(16)6-5-7-14-8-10-15(11-9-14)13(2,3)4;1-10(15)9-13-11-5-7-14(8-6-11)12(2,3)4;1-11(15)5-6-13-7-9-14(10-8-13)12(2,3)4;1-10(14)9-12-5-7-13(8-6-12)11(2,3)4/h14H,6-12H2,1-5H3;12,14H,5-10H2,1-4H3;5-11H2,1-4H3;11,13H,5-9H2,1-4H3;5-10H2,1-4H3;5-9H2,1-4H3. The summed E-state index contributed by atoms with van der Waals surface area (Å²) in [5.74, 6) is 1.70. The number of hydrogen-bond donors (Lipinski definition) is 2. The predicted octanol–water partition coefficient (Wildman–Crippen LogP) is 9.94. The van der Waals surface area contributed by atoms with Crippen LogP contribution in [0.5, 0.6) is 0 Å². The quantitative estimate of drug-likeness (QED) is 0.112. The van der Waals surface area contributed by atoms with Gasteiger partial charge in [0.1, 0.15) is 34.7 Å². The molecule has 0 aromatic rings. The van der Waals surface area contributed by atoms with Crippen molar-refractivity contribution >= 4 is 34.7 Å². The van der Waals surface area contributed by atoms with Gasteiger partial charge in [-0.3, -0.25) is 53.5 Å². The number of nitrogens with zero attached hydrogens (tertiary/aromatic N) is 10. The fraction of sp³-hybridized carbons (Fsp3) is 0.921. The lowest BCUT2D eigenvalue weighted by Crippen LogP contribution is -2.54. The molecule has 6 rings (SSSR count). The molecule has 6 aliphatic heterocycles. The first-order valence-corrected chi connectivity index (χ1v) is 37.1. The number of rotatable bonds is 21. The van der Waals surface area contributed by atoms with Gasteiger partial charge in [-0.25, -0.2) is 0 Å². The van der Waals surface area contributed by atoms with Crippen LogP contribution in [0.15, 0.2) is 0 Å². The van der Waals surface area contributed by atoms with E-state index in [1.807, 2.05) is 0 Å². The Labute approximate surface area is 579 Å². The lowest BCUT2D eigenvalue weighted by atomic mass is 9.97. The van der Waals surface area contributed by atoms with Crippen LogP contribution in [-0.4, -0.2) is 299 Å². The Balaban J connectivity index is 0.000000565. The second-order valence-corrected chi connectivity index (χ2v) is 34.4. The molecule has 0 radical (unpaired) electrons. The van der Waals surface area contributed by atoms with Crippen LogP contribution >= 0.6 is 0 Å². The molecule has 552 valence electrons. The number of Topliss-reactive ketones (excluding diaryl/α,β-unsaturated/α-hetero) is 6. The summed E-state index contributed by atoms with van der Waals surface area (Å²) in [4.78, 5) is 89.9. The van der Waals surface area contributed by atoms with E-state index >= 15 is 0 Å². The van der Waals surface area contributed by atoms with E-state index in [0.717, 1.165) is 156 Å². The monoisotopic (exact) mass is 1330 g/mol. The van der Waals surface area contributed by atoms with Crippen molar-refractivity contribution in [2.75, 3.05) is 164 Å². The first-order chi connectivity index (χ1) is 43.3. The van der Waals surface area contributed by atoms with Gasteiger partial charge in [0, 0.05) is 208 Å². The molecule has 0 unspecified atom stereocenters. The molecule has 0 aromatic heterocycles. The molecule has 0 aromatic carbocycles. The summed E-state index contributed by atoms with van der Waals surface area (Å²) in [6, 6.07) is 1.85. The van der Waals surface area contributed by atoms with E-state index in [1.54, 1.807) is 41.5 Å². The molecule has 0 spiro atoms. The Morgan fingerprint density at radius 1 is 0.330 bits per heavy atom. The van der Waals surface area contributed by atoms with Gasteiger partial charge >= 0.3 is 0 Å². The van der Waals surface area contributed by atoms with Crippen LogP contribution in [0.3, 0.4) is 0 Å². The zero-order chi connectivity index (χ0) is 71.8. The summed E-state index contributed by atoms with van der Waals surface area (Å²) < 4.78 is 0. The van der Waals surface area contributed by atoms with Gasteiger partial charge in [0.05, 0.1) is 13.1 Å². The Hall–Kier alpha value is -2.46.